The van der Waals surface area contributed by atoms with E-state index in [2.05, 4.69) is 0 Å². The van der Waals surface area contributed by atoms with Crippen LogP contribution in [-0.2, 0) is 4.79 Å². The van der Waals surface area contributed by atoms with E-state index in [4.69, 9.17) is 14.2 Å². The van der Waals surface area contributed by atoms with Gasteiger partial charge in [-0.05, 0) is 24.3 Å². The first kappa shape index (κ1) is 14.8. The number of carbonyl (C=O) groups is 2. The first-order valence-corrected chi connectivity index (χ1v) is 6.98. The number of carbonyl (C=O) groups excluding carboxylic acids is 2. The lowest BCUT2D eigenvalue weighted by Gasteiger charge is -2.05. The molecular weight excluding hydrogens is 296 g/mol. The molecule has 1 aliphatic heterocycles. The number of rotatable bonds is 3. The molecule has 2 aromatic carbocycles. The Morgan fingerprint density at radius 1 is 1.17 bits per heavy atom. The van der Waals surface area contributed by atoms with Gasteiger partial charge in [0.1, 0.15) is 17.2 Å². The van der Waals surface area contributed by atoms with Crippen molar-refractivity contribution >= 4 is 17.8 Å². The van der Waals surface area contributed by atoms with Crippen LogP contribution in [0.25, 0.3) is 6.08 Å². The quantitative estimate of drug-likeness (QED) is 0.495. The summed E-state index contributed by atoms with van der Waals surface area (Å²) in [5.74, 6) is 0.897. The molecule has 0 aliphatic carbocycles. The van der Waals surface area contributed by atoms with Crippen LogP contribution in [0.15, 0.2) is 48.2 Å². The van der Waals surface area contributed by atoms with Crippen LogP contribution >= 0.6 is 0 Å². The monoisotopic (exact) mass is 310 g/mol. The van der Waals surface area contributed by atoms with Gasteiger partial charge in [-0.15, -0.1) is 0 Å². The van der Waals surface area contributed by atoms with E-state index >= 15 is 0 Å². The van der Waals surface area contributed by atoms with Crippen molar-refractivity contribution in [2.24, 2.45) is 0 Å². The van der Waals surface area contributed by atoms with Crippen LogP contribution in [0, 0.1) is 0 Å². The smallest absolute Gasteiger partial charge is 0.308 e. The van der Waals surface area contributed by atoms with Gasteiger partial charge in [0.2, 0.25) is 5.78 Å². The van der Waals surface area contributed by atoms with E-state index in [1.807, 2.05) is 18.2 Å². The number of esters is 1. The van der Waals surface area contributed by atoms with E-state index in [-0.39, 0.29) is 11.5 Å². The Kier molecular flexibility index (Phi) is 3.85. The second-order valence-electron chi connectivity index (χ2n) is 4.93. The third-order valence-electron chi connectivity index (χ3n) is 3.33. The second-order valence-corrected chi connectivity index (χ2v) is 4.93. The Hall–Kier alpha value is -3.08. The summed E-state index contributed by atoms with van der Waals surface area (Å²) in [6.07, 6.45) is 1.63. The van der Waals surface area contributed by atoms with Crippen LogP contribution < -0.4 is 14.2 Å². The average Bonchev–Trinajstić information content (AvgIpc) is 2.83. The first-order valence-electron chi connectivity index (χ1n) is 6.98. The highest BCUT2D eigenvalue weighted by atomic mass is 16.5. The molecule has 0 saturated carbocycles. The minimum Gasteiger partial charge on any atom is -0.496 e. The molecule has 0 atom stereocenters. The van der Waals surface area contributed by atoms with Crippen molar-refractivity contribution < 1.29 is 23.8 Å². The van der Waals surface area contributed by atoms with Crippen LogP contribution in [0.5, 0.6) is 17.2 Å². The zero-order valence-electron chi connectivity index (χ0n) is 12.7. The molecule has 0 aromatic heterocycles. The number of fused-ring (bicyclic) bond motifs is 1. The predicted octanol–water partition coefficient (Wildman–Crippen LogP) is 3.24. The second kappa shape index (κ2) is 5.96. The van der Waals surface area contributed by atoms with Crippen LogP contribution in [0.1, 0.15) is 22.8 Å². The average molecular weight is 310 g/mol. The predicted molar refractivity (Wildman–Crippen MR) is 83.7 cm³/mol. The summed E-state index contributed by atoms with van der Waals surface area (Å²) in [7, 11) is 1.56. The van der Waals surface area contributed by atoms with Gasteiger partial charge in [0.05, 0.1) is 12.7 Å². The summed E-state index contributed by atoms with van der Waals surface area (Å²) < 4.78 is 15.9. The van der Waals surface area contributed by atoms with Gasteiger partial charge in [0, 0.05) is 18.6 Å². The molecule has 0 bridgehead atoms. The number of allylic oxidation sites excluding steroid dienone is 1. The van der Waals surface area contributed by atoms with Gasteiger partial charge in [-0.2, -0.15) is 0 Å². The number of hydrogen-bond donors (Lipinski definition) is 0. The van der Waals surface area contributed by atoms with Crippen LogP contribution in [-0.4, -0.2) is 18.9 Å². The van der Waals surface area contributed by atoms with Gasteiger partial charge in [-0.1, -0.05) is 18.2 Å². The van der Waals surface area contributed by atoms with Crippen LogP contribution in [0.3, 0.4) is 0 Å². The highest BCUT2D eigenvalue weighted by Crippen LogP contribution is 2.35. The SMILES string of the molecule is COc1ccccc1C=C1Oc2cc(OC(C)=O)ccc2C1=O. The first-order chi connectivity index (χ1) is 11.1. The van der Waals surface area contributed by atoms with E-state index in [0.29, 0.717) is 22.8 Å². The number of hydrogen-bond acceptors (Lipinski definition) is 5. The fourth-order valence-electron chi connectivity index (χ4n) is 2.32. The van der Waals surface area contributed by atoms with Crippen molar-refractivity contribution in [1.82, 2.24) is 0 Å². The molecule has 23 heavy (non-hydrogen) atoms. The zero-order valence-corrected chi connectivity index (χ0v) is 12.7. The van der Waals surface area contributed by atoms with Crippen molar-refractivity contribution in [2.75, 3.05) is 7.11 Å². The molecule has 1 heterocycles. The summed E-state index contributed by atoms with van der Waals surface area (Å²) in [6.45, 7) is 1.31. The summed E-state index contributed by atoms with van der Waals surface area (Å²) in [5, 5.41) is 0. The van der Waals surface area contributed by atoms with E-state index in [9.17, 15) is 9.59 Å². The highest BCUT2D eigenvalue weighted by Gasteiger charge is 2.28. The maximum Gasteiger partial charge on any atom is 0.308 e. The highest BCUT2D eigenvalue weighted by molar-refractivity contribution is 6.14. The van der Waals surface area contributed by atoms with Crippen molar-refractivity contribution in [1.29, 1.82) is 0 Å². The van der Waals surface area contributed by atoms with E-state index in [1.165, 1.54) is 13.0 Å². The summed E-state index contributed by atoms with van der Waals surface area (Å²) in [4.78, 5) is 23.4. The molecule has 5 nitrogen and oxygen atoms in total. The lowest BCUT2D eigenvalue weighted by Crippen LogP contribution is -2.01. The van der Waals surface area contributed by atoms with Gasteiger partial charge >= 0.3 is 5.97 Å². The molecule has 0 amide bonds. The van der Waals surface area contributed by atoms with Crippen molar-refractivity contribution in [3.8, 4) is 17.2 Å². The fourth-order valence-corrected chi connectivity index (χ4v) is 2.32. The molecule has 0 N–H and O–H groups in total. The number of ketones is 1. The lowest BCUT2D eigenvalue weighted by atomic mass is 10.1. The minimum atomic E-state index is -0.431. The molecule has 0 saturated heterocycles. The standard InChI is InChI=1S/C18H14O5/c1-11(19)22-13-7-8-14-16(10-13)23-17(18(14)20)9-12-5-3-4-6-15(12)21-2/h3-10H,1-2H3. The molecule has 0 unspecified atom stereocenters. The summed E-state index contributed by atoms with van der Waals surface area (Å²) in [6, 6.07) is 12.0. The van der Waals surface area contributed by atoms with E-state index in [0.717, 1.165) is 5.56 Å². The maximum absolute atomic E-state index is 12.4. The van der Waals surface area contributed by atoms with E-state index < -0.39 is 5.97 Å². The summed E-state index contributed by atoms with van der Waals surface area (Å²) >= 11 is 0. The molecule has 3 rings (SSSR count). The molecule has 0 spiro atoms. The number of methoxy groups -OCH3 is 1. The Morgan fingerprint density at radius 3 is 2.70 bits per heavy atom. The molecule has 1 aliphatic rings. The Morgan fingerprint density at radius 2 is 1.96 bits per heavy atom. The Bertz CT molecular complexity index is 820. The lowest BCUT2D eigenvalue weighted by molar-refractivity contribution is -0.131. The van der Waals surface area contributed by atoms with Gasteiger partial charge in [0.25, 0.3) is 0 Å². The van der Waals surface area contributed by atoms with E-state index in [1.54, 1.807) is 31.4 Å². The van der Waals surface area contributed by atoms with Crippen LogP contribution in [0.4, 0.5) is 0 Å². The zero-order chi connectivity index (χ0) is 16.4. The molecule has 2 aromatic rings. The topological polar surface area (TPSA) is 61.8 Å². The van der Waals surface area contributed by atoms with Crippen molar-refractivity contribution in [3.05, 3.63) is 59.4 Å². The maximum atomic E-state index is 12.4. The minimum absolute atomic E-state index is 0.199. The third-order valence-corrected chi connectivity index (χ3v) is 3.33. The van der Waals surface area contributed by atoms with Crippen molar-refractivity contribution in [3.63, 3.8) is 0 Å². The molecular formula is C18H14O5. The van der Waals surface area contributed by atoms with Crippen LogP contribution in [0.2, 0.25) is 0 Å². The molecule has 0 radical (unpaired) electrons. The Balaban J connectivity index is 1.94. The normalized spacial score (nSPS) is 14.3. The molecule has 0 fully saturated rings. The number of Topliss-reactive ketones (excluding diaryl/α,β-unsaturated/α-hetero) is 1. The Labute approximate surface area is 133 Å². The number of ether oxygens (including phenoxy) is 3. The number of para-hydroxylation sites is 1. The number of benzene rings is 2. The van der Waals surface area contributed by atoms with Gasteiger partial charge < -0.3 is 14.2 Å². The largest absolute Gasteiger partial charge is 0.496 e. The third kappa shape index (κ3) is 2.94. The van der Waals surface area contributed by atoms with Crippen molar-refractivity contribution in [2.45, 2.75) is 6.92 Å². The van der Waals surface area contributed by atoms with Gasteiger partial charge in [-0.3, -0.25) is 9.59 Å². The molecule has 116 valence electrons. The fraction of sp³-hybridized carbons (Fsp3) is 0.111. The molecule has 5 heteroatoms. The summed E-state index contributed by atoms with van der Waals surface area (Å²) in [5.41, 5.74) is 1.17. The van der Waals surface area contributed by atoms with Gasteiger partial charge in [-0.25, -0.2) is 0 Å². The van der Waals surface area contributed by atoms with Gasteiger partial charge in [0.15, 0.2) is 5.76 Å².